The summed E-state index contributed by atoms with van der Waals surface area (Å²) in [5.74, 6) is -1.94. The molecule has 0 heterocycles. The summed E-state index contributed by atoms with van der Waals surface area (Å²) < 4.78 is 32.5. The zero-order valence-corrected chi connectivity index (χ0v) is 14.8. The number of carboxylic acid groups (broad SMARTS) is 1. The topological polar surface area (TPSA) is 137 Å². The summed E-state index contributed by atoms with van der Waals surface area (Å²) in [6.45, 7) is 1.64. The van der Waals surface area contributed by atoms with Crippen molar-refractivity contribution in [1.82, 2.24) is 0 Å². The molecule has 0 unspecified atom stereocenters. The third-order valence-corrected chi connectivity index (χ3v) is 4.76. The zero-order valence-electron chi connectivity index (χ0n) is 14.0. The Balaban J connectivity index is 0.00000280. The van der Waals surface area contributed by atoms with Crippen LogP contribution in [0.15, 0.2) is 63.7 Å². The molecule has 3 aromatic rings. The van der Waals surface area contributed by atoms with Crippen LogP contribution in [0.3, 0.4) is 0 Å². The van der Waals surface area contributed by atoms with Gasteiger partial charge in [0.25, 0.3) is 10.1 Å². The predicted molar refractivity (Wildman–Crippen MR) is 106 cm³/mol. The number of phenols is 1. The number of hydrogen-bond acceptors (Lipinski definition) is 6. The first-order valence-electron chi connectivity index (χ1n) is 7.66. The Morgan fingerprint density at radius 1 is 1.04 bits per heavy atom. The number of rotatable bonds is 4. The second-order valence-electron chi connectivity index (χ2n) is 5.79. The van der Waals surface area contributed by atoms with Crippen molar-refractivity contribution in [2.75, 3.05) is 0 Å². The monoisotopic (exact) mass is 428 g/mol. The van der Waals surface area contributed by atoms with Gasteiger partial charge in [0.15, 0.2) is 5.75 Å². The maximum absolute atomic E-state index is 11.6. The van der Waals surface area contributed by atoms with Crippen molar-refractivity contribution in [3.05, 3.63) is 59.7 Å². The number of carboxylic acids is 1. The first-order chi connectivity index (χ1) is 12.7. The van der Waals surface area contributed by atoms with Gasteiger partial charge in [0, 0.05) is 5.39 Å². The van der Waals surface area contributed by atoms with E-state index in [-0.39, 0.29) is 54.7 Å². The molecular formula is C18H16CaN2O6S. The molecule has 3 aromatic carbocycles. The zero-order chi connectivity index (χ0) is 19.8. The van der Waals surface area contributed by atoms with E-state index in [0.717, 1.165) is 0 Å². The Hall–Kier alpha value is -2.04. The van der Waals surface area contributed by atoms with Crippen LogP contribution in [0, 0.1) is 6.92 Å². The second-order valence-corrected chi connectivity index (χ2v) is 7.18. The van der Waals surface area contributed by atoms with E-state index in [1.807, 2.05) is 0 Å². The summed E-state index contributed by atoms with van der Waals surface area (Å²) in [5.41, 5.74) is -0.0380. The molecule has 0 atom stereocenters. The van der Waals surface area contributed by atoms with Crippen LogP contribution in [-0.2, 0) is 10.1 Å². The number of hydrogen-bond donors (Lipinski definition) is 3. The molecule has 0 radical (unpaired) electrons. The number of azo groups is 1. The van der Waals surface area contributed by atoms with E-state index < -0.39 is 26.7 Å². The SMILES string of the molecule is Cc1ccc(N=Nc2c(O)c(C(=O)O)cc3ccccc23)c(S(=O)(=O)O)c1.[CaH2]. The van der Waals surface area contributed by atoms with Crippen LogP contribution >= 0.6 is 0 Å². The molecular weight excluding hydrogens is 412 g/mol. The number of fused-ring (bicyclic) bond motifs is 1. The van der Waals surface area contributed by atoms with E-state index >= 15 is 0 Å². The van der Waals surface area contributed by atoms with Gasteiger partial charge in [0.2, 0.25) is 0 Å². The normalized spacial score (nSPS) is 11.5. The minimum absolute atomic E-state index is 0. The van der Waals surface area contributed by atoms with Crippen LogP contribution < -0.4 is 0 Å². The molecule has 8 nitrogen and oxygen atoms in total. The molecule has 0 bridgehead atoms. The fraction of sp³-hybridized carbons (Fsp3) is 0.0556. The Bertz CT molecular complexity index is 1210. The summed E-state index contributed by atoms with van der Waals surface area (Å²) in [4.78, 5) is 10.9. The average molecular weight is 428 g/mol. The van der Waals surface area contributed by atoms with Gasteiger partial charge < -0.3 is 10.2 Å². The van der Waals surface area contributed by atoms with Crippen molar-refractivity contribution in [2.24, 2.45) is 10.2 Å². The Morgan fingerprint density at radius 2 is 1.71 bits per heavy atom. The minimum atomic E-state index is -4.54. The molecule has 28 heavy (non-hydrogen) atoms. The number of aromatic carboxylic acids is 1. The van der Waals surface area contributed by atoms with Gasteiger partial charge in [0.05, 0.1) is 0 Å². The third kappa shape index (κ3) is 4.50. The first kappa shape index (κ1) is 22.3. The third-order valence-electron chi connectivity index (χ3n) is 3.88. The summed E-state index contributed by atoms with van der Waals surface area (Å²) in [6.07, 6.45) is 0. The average Bonchev–Trinajstić information content (AvgIpc) is 2.60. The maximum atomic E-state index is 11.6. The fourth-order valence-electron chi connectivity index (χ4n) is 2.60. The Labute approximate surface area is 190 Å². The fourth-order valence-corrected chi connectivity index (χ4v) is 3.30. The second kappa shape index (κ2) is 8.54. The number of aryl methyl sites for hydroxylation is 1. The van der Waals surface area contributed by atoms with Crippen LogP contribution in [0.4, 0.5) is 11.4 Å². The van der Waals surface area contributed by atoms with Gasteiger partial charge in [-0.2, -0.15) is 8.42 Å². The van der Waals surface area contributed by atoms with Gasteiger partial charge in [-0.25, -0.2) is 4.79 Å². The molecule has 0 spiro atoms. The summed E-state index contributed by atoms with van der Waals surface area (Å²) in [7, 11) is -4.54. The van der Waals surface area contributed by atoms with E-state index in [0.29, 0.717) is 16.3 Å². The van der Waals surface area contributed by atoms with Gasteiger partial charge in [-0.1, -0.05) is 30.3 Å². The van der Waals surface area contributed by atoms with E-state index in [2.05, 4.69) is 10.2 Å². The summed E-state index contributed by atoms with van der Waals surface area (Å²) in [5, 5.41) is 28.2. The molecule has 0 aliphatic heterocycles. The number of carbonyl (C=O) groups is 1. The Kier molecular flexibility index (Phi) is 6.79. The molecule has 0 fully saturated rings. The summed E-state index contributed by atoms with van der Waals surface area (Å²) in [6, 6.07) is 12.1. The van der Waals surface area contributed by atoms with Crippen molar-refractivity contribution in [1.29, 1.82) is 0 Å². The van der Waals surface area contributed by atoms with Crippen molar-refractivity contribution in [3.63, 3.8) is 0 Å². The molecule has 3 rings (SSSR count). The molecule has 0 aromatic heterocycles. The molecule has 0 saturated carbocycles. The molecule has 0 saturated heterocycles. The number of benzene rings is 3. The van der Waals surface area contributed by atoms with E-state index in [9.17, 15) is 28.0 Å². The van der Waals surface area contributed by atoms with Gasteiger partial charge >= 0.3 is 43.7 Å². The number of nitrogens with zero attached hydrogens (tertiary/aromatic N) is 2. The van der Waals surface area contributed by atoms with E-state index in [1.165, 1.54) is 18.2 Å². The molecule has 0 amide bonds. The molecule has 10 heteroatoms. The quantitative estimate of drug-likeness (QED) is 0.331. The van der Waals surface area contributed by atoms with Crippen LogP contribution in [0.2, 0.25) is 0 Å². The van der Waals surface area contributed by atoms with Crippen LogP contribution in [0.5, 0.6) is 5.75 Å². The van der Waals surface area contributed by atoms with Crippen LogP contribution in [-0.4, -0.2) is 66.9 Å². The van der Waals surface area contributed by atoms with Gasteiger partial charge in [-0.3, -0.25) is 4.55 Å². The van der Waals surface area contributed by atoms with Crippen LogP contribution in [0.25, 0.3) is 10.8 Å². The van der Waals surface area contributed by atoms with Crippen molar-refractivity contribution >= 4 is 76.0 Å². The van der Waals surface area contributed by atoms with E-state index in [1.54, 1.807) is 37.3 Å². The van der Waals surface area contributed by atoms with Gasteiger partial charge in [-0.15, -0.1) is 10.2 Å². The van der Waals surface area contributed by atoms with E-state index in [4.69, 9.17) is 0 Å². The predicted octanol–water partition coefficient (Wildman–Crippen LogP) is 3.30. The van der Waals surface area contributed by atoms with Gasteiger partial charge in [0.1, 0.15) is 21.8 Å². The van der Waals surface area contributed by atoms with Crippen LogP contribution in [0.1, 0.15) is 15.9 Å². The van der Waals surface area contributed by atoms with Crippen molar-refractivity contribution < 1.29 is 28.0 Å². The molecule has 3 N–H and O–H groups in total. The molecule has 0 aliphatic carbocycles. The number of aromatic hydroxyl groups is 1. The Morgan fingerprint density at radius 3 is 2.36 bits per heavy atom. The first-order valence-corrected chi connectivity index (χ1v) is 9.10. The van der Waals surface area contributed by atoms with Crippen molar-refractivity contribution in [2.45, 2.75) is 11.8 Å². The molecule has 142 valence electrons. The molecule has 0 aliphatic rings. The van der Waals surface area contributed by atoms with Crippen molar-refractivity contribution in [3.8, 4) is 5.75 Å². The summed E-state index contributed by atoms with van der Waals surface area (Å²) >= 11 is 0. The van der Waals surface area contributed by atoms with Gasteiger partial charge in [-0.05, 0) is 36.1 Å². The standard InChI is InChI=1S/C18H14N2O6S.Ca.2H/c1-10-6-7-14(15(8-10)27(24,25)26)19-20-16-12-5-3-2-4-11(12)9-13(17(16)21)18(22)23;;;/h2-9,21H,1H3,(H,22,23)(H,24,25,26);;;.